The Morgan fingerprint density at radius 1 is 0.969 bits per heavy atom. The number of carbonyl (C=O) groups excluding carboxylic acids is 2. The van der Waals surface area contributed by atoms with Crippen LogP contribution in [0.1, 0.15) is 29.5 Å². The number of anilines is 1. The van der Waals surface area contributed by atoms with Gasteiger partial charge in [-0.2, -0.15) is 5.26 Å². The molecule has 1 unspecified atom stereocenters. The standard InChI is InChI=1S/C26H26N4O2/c27-13-4-14-28-25(31)24(16-18-9-10-19-5-1-2-6-21(19)15-18)30-26(32)29-23-12-11-20-7-3-8-22(20)17-23/h1-2,5-6,9-12,15,17,24H,3-4,7-8,14,16H2,(H,28,31)(H2,29,30,32). The fourth-order valence-electron chi connectivity index (χ4n) is 4.15. The Morgan fingerprint density at radius 2 is 1.78 bits per heavy atom. The van der Waals surface area contributed by atoms with E-state index >= 15 is 0 Å². The number of carbonyl (C=O) groups is 2. The van der Waals surface area contributed by atoms with Gasteiger partial charge in [-0.15, -0.1) is 0 Å². The third kappa shape index (κ3) is 5.25. The highest BCUT2D eigenvalue weighted by atomic mass is 16.2. The largest absolute Gasteiger partial charge is 0.353 e. The second kappa shape index (κ2) is 9.97. The van der Waals surface area contributed by atoms with Crippen molar-refractivity contribution in [1.82, 2.24) is 10.6 Å². The lowest BCUT2D eigenvalue weighted by molar-refractivity contribution is -0.122. The van der Waals surface area contributed by atoms with E-state index in [2.05, 4.69) is 22.0 Å². The first-order valence-electron chi connectivity index (χ1n) is 10.9. The van der Waals surface area contributed by atoms with Crippen LogP contribution in [0.3, 0.4) is 0 Å². The van der Waals surface area contributed by atoms with Gasteiger partial charge in [0, 0.05) is 18.7 Å². The van der Waals surface area contributed by atoms with Crippen molar-refractivity contribution < 1.29 is 9.59 Å². The van der Waals surface area contributed by atoms with Crippen LogP contribution in [-0.2, 0) is 24.1 Å². The van der Waals surface area contributed by atoms with Gasteiger partial charge in [0.2, 0.25) is 5.91 Å². The molecule has 3 aromatic rings. The number of benzene rings is 3. The summed E-state index contributed by atoms with van der Waals surface area (Å²) in [6.07, 6.45) is 3.81. The minimum absolute atomic E-state index is 0.218. The van der Waals surface area contributed by atoms with Crippen LogP contribution in [0.15, 0.2) is 60.7 Å². The molecular formula is C26H26N4O2. The van der Waals surface area contributed by atoms with Crippen molar-refractivity contribution in [3.8, 4) is 6.07 Å². The molecule has 1 atom stereocenters. The van der Waals surface area contributed by atoms with E-state index in [1.54, 1.807) is 0 Å². The molecule has 3 aromatic carbocycles. The summed E-state index contributed by atoms with van der Waals surface area (Å²) in [7, 11) is 0. The van der Waals surface area contributed by atoms with E-state index in [4.69, 9.17) is 5.26 Å². The van der Waals surface area contributed by atoms with Crippen LogP contribution < -0.4 is 16.0 Å². The van der Waals surface area contributed by atoms with Gasteiger partial charge in [0.05, 0.1) is 12.5 Å². The first kappa shape index (κ1) is 21.4. The van der Waals surface area contributed by atoms with Crippen LogP contribution in [0, 0.1) is 11.3 Å². The molecule has 3 N–H and O–H groups in total. The summed E-state index contributed by atoms with van der Waals surface area (Å²) in [5, 5.41) is 19.4. The molecule has 0 bridgehead atoms. The second-order valence-electron chi connectivity index (χ2n) is 8.07. The fraction of sp³-hybridized carbons (Fsp3) is 0.269. The normalized spacial score (nSPS) is 13.1. The van der Waals surface area contributed by atoms with Gasteiger partial charge in [-0.05, 0) is 58.9 Å². The number of nitriles is 1. The van der Waals surface area contributed by atoms with Crippen molar-refractivity contribution in [2.45, 2.75) is 38.1 Å². The van der Waals surface area contributed by atoms with Crippen LogP contribution in [0.25, 0.3) is 10.8 Å². The molecule has 0 radical (unpaired) electrons. The maximum absolute atomic E-state index is 12.8. The Labute approximate surface area is 187 Å². The topological polar surface area (TPSA) is 94.0 Å². The fourth-order valence-corrected chi connectivity index (χ4v) is 4.15. The van der Waals surface area contributed by atoms with Gasteiger partial charge in [0.1, 0.15) is 6.04 Å². The smallest absolute Gasteiger partial charge is 0.319 e. The molecule has 0 spiro atoms. The van der Waals surface area contributed by atoms with Crippen LogP contribution in [-0.4, -0.2) is 24.5 Å². The molecule has 0 saturated heterocycles. The first-order valence-corrected chi connectivity index (χ1v) is 10.9. The number of nitrogens with zero attached hydrogens (tertiary/aromatic N) is 1. The van der Waals surface area contributed by atoms with Crippen molar-refractivity contribution in [2.24, 2.45) is 0 Å². The zero-order valence-electron chi connectivity index (χ0n) is 17.9. The first-order chi connectivity index (χ1) is 15.6. The van der Waals surface area contributed by atoms with Crippen LogP contribution in [0.2, 0.25) is 0 Å². The molecule has 6 nitrogen and oxygen atoms in total. The average molecular weight is 427 g/mol. The van der Waals surface area contributed by atoms with E-state index < -0.39 is 12.1 Å². The molecule has 1 aliphatic rings. The minimum Gasteiger partial charge on any atom is -0.353 e. The highest BCUT2D eigenvalue weighted by molar-refractivity contribution is 5.94. The Bertz CT molecular complexity index is 1180. The Morgan fingerprint density at radius 3 is 2.62 bits per heavy atom. The van der Waals surface area contributed by atoms with Gasteiger partial charge < -0.3 is 16.0 Å². The lowest BCUT2D eigenvalue weighted by Crippen LogP contribution is -2.49. The van der Waals surface area contributed by atoms with Gasteiger partial charge in [0.25, 0.3) is 0 Å². The van der Waals surface area contributed by atoms with E-state index in [9.17, 15) is 9.59 Å². The van der Waals surface area contributed by atoms with Crippen molar-refractivity contribution in [3.63, 3.8) is 0 Å². The molecule has 162 valence electrons. The zero-order chi connectivity index (χ0) is 22.3. The SMILES string of the molecule is N#CCCNC(=O)C(Cc1ccc2ccccc2c1)NC(=O)Nc1ccc2c(c1)CCC2. The molecule has 0 aliphatic heterocycles. The third-order valence-corrected chi connectivity index (χ3v) is 5.77. The predicted molar refractivity (Wildman–Crippen MR) is 125 cm³/mol. The van der Waals surface area contributed by atoms with Gasteiger partial charge in [-0.3, -0.25) is 4.79 Å². The summed E-state index contributed by atoms with van der Waals surface area (Å²) < 4.78 is 0. The Kier molecular flexibility index (Phi) is 6.66. The summed E-state index contributed by atoms with van der Waals surface area (Å²) in [5.41, 5.74) is 4.27. The number of urea groups is 1. The lowest BCUT2D eigenvalue weighted by atomic mass is 10.0. The highest BCUT2D eigenvalue weighted by Gasteiger charge is 2.22. The van der Waals surface area contributed by atoms with Gasteiger partial charge in [0.15, 0.2) is 0 Å². The molecule has 6 heteroatoms. The van der Waals surface area contributed by atoms with E-state index in [1.165, 1.54) is 11.1 Å². The molecule has 0 saturated carbocycles. The summed E-state index contributed by atoms with van der Waals surface area (Å²) in [5.74, 6) is -0.308. The van der Waals surface area contributed by atoms with Crippen LogP contribution >= 0.6 is 0 Å². The van der Waals surface area contributed by atoms with Crippen LogP contribution in [0.5, 0.6) is 0 Å². The molecule has 32 heavy (non-hydrogen) atoms. The average Bonchev–Trinajstić information content (AvgIpc) is 3.26. The van der Waals surface area contributed by atoms with Crippen molar-refractivity contribution in [3.05, 3.63) is 77.4 Å². The Balaban J connectivity index is 1.47. The Hall–Kier alpha value is -3.85. The van der Waals surface area contributed by atoms with E-state index in [1.807, 2.05) is 60.7 Å². The molecule has 1 aliphatic carbocycles. The number of nitrogens with one attached hydrogen (secondary N) is 3. The maximum atomic E-state index is 12.8. The number of hydrogen-bond donors (Lipinski definition) is 3. The van der Waals surface area contributed by atoms with Crippen molar-refractivity contribution in [2.75, 3.05) is 11.9 Å². The summed E-state index contributed by atoms with van der Waals surface area (Å²) >= 11 is 0. The third-order valence-electron chi connectivity index (χ3n) is 5.77. The molecule has 0 heterocycles. The van der Waals surface area contributed by atoms with Gasteiger partial charge in [-0.25, -0.2) is 4.79 Å². The zero-order valence-corrected chi connectivity index (χ0v) is 17.9. The number of hydrogen-bond acceptors (Lipinski definition) is 3. The summed E-state index contributed by atoms with van der Waals surface area (Å²) in [6.45, 7) is 0.248. The molecule has 3 amide bonds. The number of rotatable bonds is 7. The number of aryl methyl sites for hydroxylation is 2. The van der Waals surface area contributed by atoms with Gasteiger partial charge in [-0.1, -0.05) is 48.5 Å². The monoisotopic (exact) mass is 426 g/mol. The predicted octanol–water partition coefficient (Wildman–Crippen LogP) is 4.09. The molecule has 0 fully saturated rings. The minimum atomic E-state index is -0.760. The van der Waals surface area contributed by atoms with E-state index in [0.29, 0.717) is 6.42 Å². The number of amides is 3. The maximum Gasteiger partial charge on any atom is 0.319 e. The molecule has 0 aromatic heterocycles. The quantitative estimate of drug-likeness (QED) is 0.497. The van der Waals surface area contributed by atoms with Crippen molar-refractivity contribution in [1.29, 1.82) is 5.26 Å². The molecule has 4 rings (SSSR count). The number of fused-ring (bicyclic) bond motifs is 2. The summed E-state index contributed by atoms with van der Waals surface area (Å²) in [4.78, 5) is 25.5. The highest BCUT2D eigenvalue weighted by Crippen LogP contribution is 2.25. The second-order valence-corrected chi connectivity index (χ2v) is 8.07. The molecular weight excluding hydrogens is 400 g/mol. The van der Waals surface area contributed by atoms with Crippen molar-refractivity contribution >= 4 is 28.4 Å². The lowest BCUT2D eigenvalue weighted by Gasteiger charge is -2.19. The summed E-state index contributed by atoms with van der Waals surface area (Å²) in [6, 6.07) is 20.8. The van der Waals surface area contributed by atoms with E-state index in [0.717, 1.165) is 41.3 Å². The van der Waals surface area contributed by atoms with Gasteiger partial charge >= 0.3 is 6.03 Å². The van der Waals surface area contributed by atoms with E-state index in [-0.39, 0.29) is 18.9 Å². The van der Waals surface area contributed by atoms with Crippen LogP contribution in [0.4, 0.5) is 10.5 Å².